The first-order chi connectivity index (χ1) is 11.4. The Hall–Kier alpha value is -1.85. The molecule has 7 heteroatoms. The summed E-state index contributed by atoms with van der Waals surface area (Å²) in [5, 5.41) is 2.96. The molecule has 0 saturated heterocycles. The van der Waals surface area contributed by atoms with Crippen molar-refractivity contribution in [3.8, 4) is 11.5 Å². The van der Waals surface area contributed by atoms with E-state index < -0.39 is 13.4 Å². The van der Waals surface area contributed by atoms with Crippen LogP contribution in [-0.2, 0) is 11.1 Å². The predicted molar refractivity (Wildman–Crippen MR) is 90.2 cm³/mol. The number of hydrogen-bond acceptors (Lipinski definition) is 4. The SMILES string of the molecule is Cc1ccc(CNC(c2ccc3c(c2)OCCO3)P(=O)(O)O)cc1. The van der Waals surface area contributed by atoms with Crippen molar-refractivity contribution in [2.45, 2.75) is 19.3 Å². The fourth-order valence-corrected chi connectivity index (χ4v) is 3.46. The fourth-order valence-electron chi connectivity index (χ4n) is 2.58. The highest BCUT2D eigenvalue weighted by molar-refractivity contribution is 7.52. The summed E-state index contributed by atoms with van der Waals surface area (Å²) in [6, 6.07) is 12.8. The lowest BCUT2D eigenvalue weighted by Gasteiger charge is -2.23. The third kappa shape index (κ3) is 3.97. The van der Waals surface area contributed by atoms with Gasteiger partial charge in [-0.05, 0) is 30.2 Å². The van der Waals surface area contributed by atoms with E-state index in [2.05, 4.69) is 5.32 Å². The van der Waals surface area contributed by atoms with Gasteiger partial charge in [-0.3, -0.25) is 9.88 Å². The molecule has 0 bridgehead atoms. The van der Waals surface area contributed by atoms with E-state index in [9.17, 15) is 14.4 Å². The molecule has 3 N–H and O–H groups in total. The van der Waals surface area contributed by atoms with E-state index in [1.54, 1.807) is 18.2 Å². The van der Waals surface area contributed by atoms with E-state index in [4.69, 9.17) is 9.47 Å². The van der Waals surface area contributed by atoms with Crippen LogP contribution in [0.2, 0.25) is 0 Å². The maximum atomic E-state index is 11.9. The smallest absolute Gasteiger partial charge is 0.346 e. The molecule has 6 nitrogen and oxygen atoms in total. The second-order valence-electron chi connectivity index (χ2n) is 5.76. The largest absolute Gasteiger partial charge is 0.486 e. The Morgan fingerprint density at radius 3 is 2.42 bits per heavy atom. The summed E-state index contributed by atoms with van der Waals surface area (Å²) in [7, 11) is -4.39. The summed E-state index contributed by atoms with van der Waals surface area (Å²) in [6.45, 7) is 3.24. The van der Waals surface area contributed by atoms with Crippen LogP contribution in [0.3, 0.4) is 0 Å². The molecule has 1 atom stereocenters. The van der Waals surface area contributed by atoms with Gasteiger partial charge in [0.15, 0.2) is 11.5 Å². The van der Waals surface area contributed by atoms with Gasteiger partial charge in [-0.2, -0.15) is 0 Å². The highest BCUT2D eigenvalue weighted by Crippen LogP contribution is 2.51. The summed E-state index contributed by atoms with van der Waals surface area (Å²) in [5.74, 6) is -0.00281. The van der Waals surface area contributed by atoms with Gasteiger partial charge in [0.1, 0.15) is 19.0 Å². The van der Waals surface area contributed by atoms with Crippen LogP contribution in [0.25, 0.3) is 0 Å². The van der Waals surface area contributed by atoms with E-state index in [0.29, 0.717) is 36.8 Å². The number of benzene rings is 2. The minimum absolute atomic E-state index is 0.352. The zero-order valence-electron chi connectivity index (χ0n) is 13.3. The topological polar surface area (TPSA) is 88.0 Å². The lowest BCUT2D eigenvalue weighted by Crippen LogP contribution is -2.22. The van der Waals surface area contributed by atoms with Gasteiger partial charge in [0.25, 0.3) is 0 Å². The van der Waals surface area contributed by atoms with Crippen molar-refractivity contribution in [3.05, 3.63) is 59.2 Å². The molecule has 0 aromatic heterocycles. The lowest BCUT2D eigenvalue weighted by molar-refractivity contribution is 0.171. The average Bonchev–Trinajstić information content (AvgIpc) is 2.55. The van der Waals surface area contributed by atoms with Crippen molar-refractivity contribution in [3.63, 3.8) is 0 Å². The number of ether oxygens (including phenoxy) is 2. The van der Waals surface area contributed by atoms with Crippen LogP contribution in [0.4, 0.5) is 0 Å². The van der Waals surface area contributed by atoms with E-state index >= 15 is 0 Å². The van der Waals surface area contributed by atoms with Gasteiger partial charge in [-0.15, -0.1) is 0 Å². The van der Waals surface area contributed by atoms with Crippen molar-refractivity contribution < 1.29 is 23.8 Å². The molecule has 3 rings (SSSR count). The molecular formula is C17H20NO5P. The molecule has 0 amide bonds. The van der Waals surface area contributed by atoms with E-state index in [-0.39, 0.29) is 0 Å². The number of fused-ring (bicyclic) bond motifs is 1. The van der Waals surface area contributed by atoms with Crippen molar-refractivity contribution >= 4 is 7.60 Å². The normalized spacial score (nSPS) is 15.1. The number of hydrogen-bond donors (Lipinski definition) is 3. The molecule has 0 fully saturated rings. The van der Waals surface area contributed by atoms with Gasteiger partial charge in [0.05, 0.1) is 0 Å². The minimum atomic E-state index is -4.39. The average molecular weight is 349 g/mol. The summed E-state index contributed by atoms with van der Waals surface area (Å²) in [6.07, 6.45) is 0. The van der Waals surface area contributed by atoms with Crippen LogP contribution in [0.1, 0.15) is 22.5 Å². The van der Waals surface area contributed by atoms with Gasteiger partial charge >= 0.3 is 7.60 Å². The Kier molecular flexibility index (Phi) is 4.92. The Labute approximate surface area is 140 Å². The van der Waals surface area contributed by atoms with Crippen LogP contribution in [0.15, 0.2) is 42.5 Å². The Balaban J connectivity index is 1.81. The molecule has 1 unspecified atom stereocenters. The first-order valence-corrected chi connectivity index (χ1v) is 9.35. The molecule has 0 aliphatic carbocycles. The monoisotopic (exact) mass is 349 g/mol. The lowest BCUT2D eigenvalue weighted by atomic mass is 10.1. The van der Waals surface area contributed by atoms with Gasteiger partial charge < -0.3 is 19.3 Å². The molecule has 1 aliphatic heterocycles. The molecule has 0 radical (unpaired) electrons. The molecule has 1 heterocycles. The van der Waals surface area contributed by atoms with Crippen molar-refractivity contribution in [2.24, 2.45) is 0 Å². The van der Waals surface area contributed by atoms with Crippen LogP contribution in [0, 0.1) is 6.92 Å². The summed E-state index contributed by atoms with van der Waals surface area (Å²) in [5.41, 5.74) is 2.56. The third-order valence-electron chi connectivity index (χ3n) is 3.84. The number of nitrogens with one attached hydrogen (secondary N) is 1. The highest BCUT2D eigenvalue weighted by atomic mass is 31.2. The standard InChI is InChI=1S/C17H20NO5P/c1-12-2-4-13(5-3-12)11-18-17(24(19,20)21)14-6-7-15-16(10-14)23-9-8-22-15/h2-7,10,17-18H,8-9,11H2,1H3,(H2,19,20,21). The van der Waals surface area contributed by atoms with Crippen LogP contribution < -0.4 is 14.8 Å². The minimum Gasteiger partial charge on any atom is -0.486 e. The maximum absolute atomic E-state index is 11.9. The van der Waals surface area contributed by atoms with Crippen LogP contribution >= 0.6 is 7.60 Å². The molecule has 24 heavy (non-hydrogen) atoms. The van der Waals surface area contributed by atoms with Crippen molar-refractivity contribution in [2.75, 3.05) is 13.2 Å². The fraction of sp³-hybridized carbons (Fsp3) is 0.294. The molecule has 1 aliphatic rings. The first-order valence-electron chi connectivity index (χ1n) is 7.67. The highest BCUT2D eigenvalue weighted by Gasteiger charge is 2.31. The maximum Gasteiger partial charge on any atom is 0.346 e. The quantitative estimate of drug-likeness (QED) is 0.720. The Morgan fingerprint density at radius 1 is 1.08 bits per heavy atom. The Bertz CT molecular complexity index is 756. The summed E-state index contributed by atoms with van der Waals surface area (Å²) >= 11 is 0. The molecular weight excluding hydrogens is 329 g/mol. The molecule has 2 aromatic rings. The molecule has 0 saturated carbocycles. The van der Waals surface area contributed by atoms with E-state index in [1.807, 2.05) is 31.2 Å². The molecule has 2 aromatic carbocycles. The second-order valence-corrected chi connectivity index (χ2v) is 7.46. The van der Waals surface area contributed by atoms with Gasteiger partial charge in [-0.25, -0.2) is 0 Å². The van der Waals surface area contributed by atoms with Gasteiger partial charge in [-0.1, -0.05) is 35.9 Å². The number of aryl methyl sites for hydroxylation is 1. The van der Waals surface area contributed by atoms with E-state index in [0.717, 1.165) is 11.1 Å². The van der Waals surface area contributed by atoms with Crippen molar-refractivity contribution in [1.82, 2.24) is 5.32 Å². The zero-order valence-corrected chi connectivity index (χ0v) is 14.2. The summed E-state index contributed by atoms with van der Waals surface area (Å²) < 4.78 is 22.9. The second kappa shape index (κ2) is 6.95. The molecule has 0 spiro atoms. The summed E-state index contributed by atoms with van der Waals surface area (Å²) in [4.78, 5) is 19.5. The Morgan fingerprint density at radius 2 is 1.75 bits per heavy atom. The molecule has 128 valence electrons. The van der Waals surface area contributed by atoms with Crippen LogP contribution in [-0.4, -0.2) is 23.0 Å². The first kappa shape index (κ1) is 17.0. The van der Waals surface area contributed by atoms with Gasteiger partial charge in [0.2, 0.25) is 0 Å². The van der Waals surface area contributed by atoms with Gasteiger partial charge in [0, 0.05) is 6.54 Å². The van der Waals surface area contributed by atoms with E-state index in [1.165, 1.54) is 0 Å². The van der Waals surface area contributed by atoms with Crippen LogP contribution in [0.5, 0.6) is 11.5 Å². The van der Waals surface area contributed by atoms with Crippen molar-refractivity contribution in [1.29, 1.82) is 0 Å². The number of rotatable bonds is 5. The predicted octanol–water partition coefficient (Wildman–Crippen LogP) is 2.73. The zero-order chi connectivity index (χ0) is 17.2. The third-order valence-corrected chi connectivity index (χ3v) is 4.99.